The monoisotopic (exact) mass is 302 g/mol. The third-order valence-electron chi connectivity index (χ3n) is 2.86. The van der Waals surface area contributed by atoms with Crippen LogP contribution in [0.3, 0.4) is 0 Å². The van der Waals surface area contributed by atoms with Crippen LogP contribution in [0.2, 0.25) is 5.02 Å². The Bertz CT molecular complexity index is 539. The predicted octanol–water partition coefficient (Wildman–Crippen LogP) is 4.74. The molecular weight excluding hydrogens is 287 g/mol. The third-order valence-corrected chi connectivity index (χ3v) is 4.53. The first-order chi connectivity index (χ1) is 8.69. The molecular formula is C13H16Cl2N2S. The number of hydrogen-bond donors (Lipinski definition) is 0. The number of rotatable bonds is 5. The summed E-state index contributed by atoms with van der Waals surface area (Å²) >= 11 is 14.2. The molecule has 1 atom stereocenters. The number of thioether (sulfide) groups is 1. The normalized spacial score (nSPS) is 13.1. The minimum atomic E-state index is 0.341. The van der Waals surface area contributed by atoms with Gasteiger partial charge in [-0.05, 0) is 24.8 Å². The van der Waals surface area contributed by atoms with Gasteiger partial charge in [-0.25, -0.2) is 4.98 Å². The summed E-state index contributed by atoms with van der Waals surface area (Å²) in [7, 11) is 0. The molecule has 0 fully saturated rings. The van der Waals surface area contributed by atoms with Crippen LogP contribution in [0.1, 0.15) is 25.7 Å². The molecule has 0 bridgehead atoms. The van der Waals surface area contributed by atoms with Gasteiger partial charge < -0.3 is 4.57 Å². The molecule has 0 N–H and O–H groups in total. The zero-order valence-electron chi connectivity index (χ0n) is 10.5. The van der Waals surface area contributed by atoms with Crippen LogP contribution in [0.15, 0.2) is 18.2 Å². The standard InChI is InChI=1S/C13H16Cl2N2S/c1-3-18-8-9(2)17-12(7-14)16-11-6-4-5-10(15)13(11)17/h4-6,9H,3,7-8H2,1-2H3. The van der Waals surface area contributed by atoms with Gasteiger partial charge in [0, 0.05) is 11.8 Å². The topological polar surface area (TPSA) is 17.8 Å². The Labute approximate surface area is 122 Å². The third kappa shape index (κ3) is 2.63. The van der Waals surface area contributed by atoms with E-state index in [1.807, 2.05) is 30.0 Å². The number of imidazole rings is 1. The maximum absolute atomic E-state index is 6.30. The quantitative estimate of drug-likeness (QED) is 0.742. The Morgan fingerprint density at radius 1 is 1.44 bits per heavy atom. The van der Waals surface area contributed by atoms with Crippen molar-refractivity contribution in [1.82, 2.24) is 9.55 Å². The minimum Gasteiger partial charge on any atom is -0.322 e. The minimum absolute atomic E-state index is 0.341. The van der Waals surface area contributed by atoms with Crippen molar-refractivity contribution in [2.24, 2.45) is 0 Å². The van der Waals surface area contributed by atoms with Crippen LogP contribution in [0.25, 0.3) is 11.0 Å². The van der Waals surface area contributed by atoms with Crippen LogP contribution in [-0.4, -0.2) is 21.1 Å². The van der Waals surface area contributed by atoms with Crippen molar-refractivity contribution in [3.63, 3.8) is 0 Å². The van der Waals surface area contributed by atoms with E-state index in [9.17, 15) is 0 Å². The highest BCUT2D eigenvalue weighted by Crippen LogP contribution is 2.29. The fourth-order valence-corrected chi connectivity index (χ4v) is 3.26. The Morgan fingerprint density at radius 3 is 2.89 bits per heavy atom. The maximum atomic E-state index is 6.30. The van der Waals surface area contributed by atoms with E-state index in [-0.39, 0.29) is 0 Å². The molecule has 1 aromatic carbocycles. The molecule has 1 aromatic heterocycles. The summed E-state index contributed by atoms with van der Waals surface area (Å²) in [5.74, 6) is 3.45. The molecule has 0 amide bonds. The molecule has 0 saturated carbocycles. The fourth-order valence-electron chi connectivity index (χ4n) is 2.09. The van der Waals surface area contributed by atoms with E-state index < -0.39 is 0 Å². The molecule has 98 valence electrons. The van der Waals surface area contributed by atoms with Crippen molar-refractivity contribution >= 4 is 46.0 Å². The lowest BCUT2D eigenvalue weighted by molar-refractivity contribution is 0.606. The molecule has 18 heavy (non-hydrogen) atoms. The molecule has 0 aliphatic carbocycles. The smallest absolute Gasteiger partial charge is 0.125 e. The van der Waals surface area contributed by atoms with Gasteiger partial charge in [-0.15, -0.1) is 11.6 Å². The van der Waals surface area contributed by atoms with Gasteiger partial charge in [-0.2, -0.15) is 11.8 Å². The van der Waals surface area contributed by atoms with E-state index in [1.165, 1.54) is 0 Å². The molecule has 1 heterocycles. The maximum Gasteiger partial charge on any atom is 0.125 e. The molecule has 2 rings (SSSR count). The van der Waals surface area contributed by atoms with Crippen molar-refractivity contribution in [3.8, 4) is 0 Å². The predicted molar refractivity (Wildman–Crippen MR) is 82.0 cm³/mol. The number of fused-ring (bicyclic) bond motifs is 1. The van der Waals surface area contributed by atoms with Crippen LogP contribution >= 0.6 is 35.0 Å². The summed E-state index contributed by atoms with van der Waals surface area (Å²) in [5.41, 5.74) is 1.92. The van der Waals surface area contributed by atoms with Gasteiger partial charge in [0.2, 0.25) is 0 Å². The molecule has 0 radical (unpaired) electrons. The van der Waals surface area contributed by atoms with Crippen molar-refractivity contribution < 1.29 is 0 Å². The Kier molecular flexibility index (Phi) is 4.82. The molecule has 0 aliphatic heterocycles. The van der Waals surface area contributed by atoms with Gasteiger partial charge in [-0.1, -0.05) is 24.6 Å². The van der Waals surface area contributed by atoms with E-state index in [0.29, 0.717) is 11.9 Å². The summed E-state index contributed by atoms with van der Waals surface area (Å²) in [6, 6.07) is 6.15. The average molecular weight is 303 g/mol. The van der Waals surface area contributed by atoms with E-state index in [2.05, 4.69) is 23.4 Å². The number of benzene rings is 1. The van der Waals surface area contributed by atoms with Crippen molar-refractivity contribution in [2.45, 2.75) is 25.8 Å². The summed E-state index contributed by atoms with van der Waals surface area (Å²) in [5, 5.41) is 0.740. The second-order valence-corrected chi connectivity index (χ2v) is 6.14. The largest absolute Gasteiger partial charge is 0.322 e. The highest BCUT2D eigenvalue weighted by atomic mass is 35.5. The number of nitrogens with zero attached hydrogens (tertiary/aromatic N) is 2. The van der Waals surface area contributed by atoms with E-state index in [4.69, 9.17) is 23.2 Å². The number of aromatic nitrogens is 2. The number of hydrogen-bond acceptors (Lipinski definition) is 2. The summed E-state index contributed by atoms with van der Waals surface area (Å²) in [6.07, 6.45) is 0. The van der Waals surface area contributed by atoms with Crippen molar-refractivity contribution in [3.05, 3.63) is 29.0 Å². The highest BCUT2D eigenvalue weighted by molar-refractivity contribution is 7.99. The summed E-state index contributed by atoms with van der Waals surface area (Å²) in [6.45, 7) is 4.35. The fraction of sp³-hybridized carbons (Fsp3) is 0.462. The van der Waals surface area contributed by atoms with Crippen LogP contribution in [0.5, 0.6) is 0 Å². The van der Waals surface area contributed by atoms with E-state index >= 15 is 0 Å². The van der Waals surface area contributed by atoms with Gasteiger partial charge in [-0.3, -0.25) is 0 Å². The summed E-state index contributed by atoms with van der Waals surface area (Å²) < 4.78 is 2.17. The lowest BCUT2D eigenvalue weighted by Crippen LogP contribution is -2.11. The molecule has 0 spiro atoms. The first kappa shape index (κ1) is 14.0. The van der Waals surface area contributed by atoms with Gasteiger partial charge >= 0.3 is 0 Å². The lowest BCUT2D eigenvalue weighted by Gasteiger charge is -2.16. The van der Waals surface area contributed by atoms with Crippen molar-refractivity contribution in [1.29, 1.82) is 0 Å². The molecule has 5 heteroatoms. The Morgan fingerprint density at radius 2 is 2.22 bits per heavy atom. The number of para-hydroxylation sites is 1. The zero-order valence-corrected chi connectivity index (χ0v) is 12.8. The molecule has 2 nitrogen and oxygen atoms in total. The van der Waals surface area contributed by atoms with Crippen LogP contribution in [0.4, 0.5) is 0 Å². The lowest BCUT2D eigenvalue weighted by atomic mass is 10.3. The first-order valence-electron chi connectivity index (χ1n) is 5.98. The molecule has 1 unspecified atom stereocenters. The molecule has 2 aromatic rings. The van der Waals surface area contributed by atoms with Gasteiger partial charge in [0.25, 0.3) is 0 Å². The Hall–Kier alpha value is -0.380. The molecule has 0 aliphatic rings. The van der Waals surface area contributed by atoms with Gasteiger partial charge in [0.05, 0.1) is 21.9 Å². The highest BCUT2D eigenvalue weighted by Gasteiger charge is 2.17. The average Bonchev–Trinajstić information content (AvgIpc) is 2.76. The van der Waals surface area contributed by atoms with Gasteiger partial charge in [0.1, 0.15) is 5.82 Å². The Balaban J connectivity index is 2.52. The summed E-state index contributed by atoms with van der Waals surface area (Å²) in [4.78, 5) is 4.56. The second kappa shape index (κ2) is 6.18. The first-order valence-corrected chi connectivity index (χ1v) is 8.04. The molecule has 0 saturated heterocycles. The van der Waals surface area contributed by atoms with Crippen LogP contribution in [-0.2, 0) is 5.88 Å². The second-order valence-electron chi connectivity index (χ2n) is 4.15. The van der Waals surface area contributed by atoms with E-state index in [0.717, 1.165) is 33.4 Å². The van der Waals surface area contributed by atoms with Crippen LogP contribution in [0, 0.1) is 0 Å². The van der Waals surface area contributed by atoms with E-state index in [1.54, 1.807) is 0 Å². The van der Waals surface area contributed by atoms with Gasteiger partial charge in [0.15, 0.2) is 0 Å². The van der Waals surface area contributed by atoms with Crippen LogP contribution < -0.4 is 0 Å². The SMILES string of the molecule is CCSCC(C)n1c(CCl)nc2cccc(Cl)c21. The zero-order chi connectivity index (χ0) is 13.1. The number of halogens is 2. The number of alkyl halides is 1. The van der Waals surface area contributed by atoms with Crippen molar-refractivity contribution in [2.75, 3.05) is 11.5 Å².